The lowest BCUT2D eigenvalue weighted by molar-refractivity contribution is -0.127. The van der Waals surface area contributed by atoms with Gasteiger partial charge in [0, 0.05) is 18.7 Å². The van der Waals surface area contributed by atoms with Crippen LogP contribution in [0.4, 0.5) is 4.79 Å². The molecule has 6 heteroatoms. The summed E-state index contributed by atoms with van der Waals surface area (Å²) in [5.41, 5.74) is 0.643. The zero-order valence-electron chi connectivity index (χ0n) is 13.0. The van der Waals surface area contributed by atoms with Crippen LogP contribution in [0.5, 0.6) is 0 Å². The number of hydrogen-bond donors (Lipinski definition) is 0. The van der Waals surface area contributed by atoms with Crippen LogP contribution in [-0.2, 0) is 9.53 Å². The summed E-state index contributed by atoms with van der Waals surface area (Å²) in [5, 5.41) is 1.92. The first kappa shape index (κ1) is 14.7. The van der Waals surface area contributed by atoms with Gasteiger partial charge in [0.15, 0.2) is 6.61 Å². The molecule has 122 valence electrons. The highest BCUT2D eigenvalue weighted by Gasteiger charge is 2.41. The standard InChI is InChI=1S/C18H16N2O4/c21-16-11-24-18(23)20(16)13-8-9-19(10-13)17(22)15-7-3-5-12-4-1-2-6-14(12)15/h1-7,13H,8-11H2/t13-/m0/s1. The van der Waals surface area contributed by atoms with Gasteiger partial charge in [0.1, 0.15) is 0 Å². The first-order valence-corrected chi connectivity index (χ1v) is 7.91. The lowest BCUT2D eigenvalue weighted by Gasteiger charge is -2.21. The van der Waals surface area contributed by atoms with Gasteiger partial charge in [-0.15, -0.1) is 0 Å². The second-order valence-electron chi connectivity index (χ2n) is 6.04. The van der Waals surface area contributed by atoms with Crippen LogP contribution in [0.1, 0.15) is 16.8 Å². The molecule has 2 aromatic carbocycles. The lowest BCUT2D eigenvalue weighted by atomic mass is 10.0. The number of ether oxygens (including phenoxy) is 1. The molecule has 0 bridgehead atoms. The molecule has 2 heterocycles. The molecule has 2 aliphatic heterocycles. The van der Waals surface area contributed by atoms with Crippen molar-refractivity contribution >= 4 is 28.7 Å². The molecule has 0 unspecified atom stereocenters. The molecule has 2 saturated heterocycles. The quantitative estimate of drug-likeness (QED) is 0.848. The summed E-state index contributed by atoms with van der Waals surface area (Å²) >= 11 is 0. The first-order chi connectivity index (χ1) is 11.6. The van der Waals surface area contributed by atoms with Crippen molar-refractivity contribution in [2.24, 2.45) is 0 Å². The number of nitrogens with zero attached hydrogens (tertiary/aromatic N) is 2. The Morgan fingerprint density at radius 1 is 1.08 bits per heavy atom. The van der Waals surface area contributed by atoms with Gasteiger partial charge >= 0.3 is 6.09 Å². The highest BCUT2D eigenvalue weighted by atomic mass is 16.6. The van der Waals surface area contributed by atoms with Gasteiger partial charge in [-0.1, -0.05) is 36.4 Å². The Morgan fingerprint density at radius 3 is 2.67 bits per heavy atom. The number of carbonyl (C=O) groups excluding carboxylic acids is 3. The molecule has 6 nitrogen and oxygen atoms in total. The summed E-state index contributed by atoms with van der Waals surface area (Å²) in [6.45, 7) is 0.666. The highest BCUT2D eigenvalue weighted by molar-refractivity contribution is 6.07. The Balaban J connectivity index is 1.57. The van der Waals surface area contributed by atoms with Crippen molar-refractivity contribution in [3.63, 3.8) is 0 Å². The van der Waals surface area contributed by atoms with Gasteiger partial charge in [-0.3, -0.25) is 9.59 Å². The van der Waals surface area contributed by atoms with Crippen LogP contribution in [-0.4, -0.2) is 53.4 Å². The summed E-state index contributed by atoms with van der Waals surface area (Å²) in [7, 11) is 0. The Kier molecular flexibility index (Phi) is 3.45. The van der Waals surface area contributed by atoms with Gasteiger partial charge in [0.25, 0.3) is 11.8 Å². The van der Waals surface area contributed by atoms with E-state index >= 15 is 0 Å². The Labute approximate surface area is 138 Å². The maximum atomic E-state index is 12.9. The molecule has 0 radical (unpaired) electrons. The topological polar surface area (TPSA) is 66.9 Å². The minimum Gasteiger partial charge on any atom is -0.439 e. The van der Waals surface area contributed by atoms with Gasteiger partial charge in [-0.25, -0.2) is 9.69 Å². The van der Waals surface area contributed by atoms with Crippen LogP contribution in [0.2, 0.25) is 0 Å². The average Bonchev–Trinajstić information content (AvgIpc) is 3.20. The molecule has 0 spiro atoms. The van der Waals surface area contributed by atoms with Gasteiger partial charge in [0.05, 0.1) is 6.04 Å². The van der Waals surface area contributed by atoms with Crippen LogP contribution < -0.4 is 0 Å². The number of benzene rings is 2. The molecular weight excluding hydrogens is 308 g/mol. The summed E-state index contributed by atoms with van der Waals surface area (Å²) in [4.78, 5) is 39.2. The Hall–Kier alpha value is -2.89. The molecule has 1 atom stereocenters. The number of hydrogen-bond acceptors (Lipinski definition) is 4. The van der Waals surface area contributed by atoms with E-state index in [1.54, 1.807) is 4.90 Å². The van der Waals surface area contributed by atoms with Crippen LogP contribution in [0.3, 0.4) is 0 Å². The number of likely N-dealkylation sites (tertiary alicyclic amines) is 1. The third-order valence-corrected chi connectivity index (χ3v) is 4.62. The van der Waals surface area contributed by atoms with Gasteiger partial charge in [0.2, 0.25) is 0 Å². The van der Waals surface area contributed by atoms with Gasteiger partial charge in [-0.2, -0.15) is 0 Å². The van der Waals surface area contributed by atoms with Crippen molar-refractivity contribution in [1.29, 1.82) is 0 Å². The van der Waals surface area contributed by atoms with Crippen LogP contribution in [0.15, 0.2) is 42.5 Å². The summed E-state index contributed by atoms with van der Waals surface area (Å²) in [5.74, 6) is -0.404. The van der Waals surface area contributed by atoms with Gasteiger partial charge in [-0.05, 0) is 23.3 Å². The van der Waals surface area contributed by atoms with E-state index in [2.05, 4.69) is 0 Å². The molecule has 2 fully saturated rings. The maximum absolute atomic E-state index is 12.9. The SMILES string of the molecule is O=C(c1cccc2ccccc12)N1CC[C@H](N2C(=O)COC2=O)C1. The fourth-order valence-electron chi connectivity index (χ4n) is 3.44. The second-order valence-corrected chi connectivity index (χ2v) is 6.04. The molecule has 2 aromatic rings. The highest BCUT2D eigenvalue weighted by Crippen LogP contribution is 2.24. The minimum absolute atomic E-state index is 0.0747. The first-order valence-electron chi connectivity index (χ1n) is 7.91. The van der Waals surface area contributed by atoms with Crippen molar-refractivity contribution < 1.29 is 19.1 Å². The fourth-order valence-corrected chi connectivity index (χ4v) is 3.44. The number of imide groups is 1. The predicted octanol–water partition coefficient (Wildman–Crippen LogP) is 2.03. The van der Waals surface area contributed by atoms with E-state index < -0.39 is 6.09 Å². The number of amides is 3. The van der Waals surface area contributed by atoms with E-state index in [4.69, 9.17) is 4.74 Å². The lowest BCUT2D eigenvalue weighted by Crippen LogP contribution is -2.42. The molecule has 3 amide bonds. The summed E-state index contributed by atoms with van der Waals surface area (Å²) in [6.07, 6.45) is -0.0263. The maximum Gasteiger partial charge on any atom is 0.417 e. The number of cyclic esters (lactones) is 1. The molecular formula is C18H16N2O4. The summed E-state index contributed by atoms with van der Waals surface area (Å²) in [6, 6.07) is 13.1. The molecule has 24 heavy (non-hydrogen) atoms. The van der Waals surface area contributed by atoms with E-state index in [0.717, 1.165) is 15.7 Å². The van der Waals surface area contributed by atoms with E-state index in [-0.39, 0.29) is 24.5 Å². The summed E-state index contributed by atoms with van der Waals surface area (Å²) < 4.78 is 4.76. The molecule has 0 N–H and O–H groups in total. The van der Waals surface area contributed by atoms with Crippen molar-refractivity contribution in [3.05, 3.63) is 48.0 Å². The number of rotatable bonds is 2. The van der Waals surface area contributed by atoms with Gasteiger partial charge < -0.3 is 9.64 Å². The molecule has 2 aliphatic rings. The predicted molar refractivity (Wildman–Crippen MR) is 86.5 cm³/mol. The molecule has 0 aliphatic carbocycles. The van der Waals surface area contributed by atoms with Crippen molar-refractivity contribution in [1.82, 2.24) is 9.80 Å². The van der Waals surface area contributed by atoms with E-state index in [1.807, 2.05) is 42.5 Å². The Bertz CT molecular complexity index is 827. The second kappa shape index (κ2) is 5.63. The monoisotopic (exact) mass is 324 g/mol. The zero-order valence-corrected chi connectivity index (χ0v) is 13.0. The Morgan fingerprint density at radius 2 is 1.88 bits per heavy atom. The zero-order chi connectivity index (χ0) is 16.7. The van der Waals surface area contributed by atoms with Crippen molar-refractivity contribution in [2.75, 3.05) is 19.7 Å². The van der Waals surface area contributed by atoms with Crippen LogP contribution in [0, 0.1) is 0 Å². The minimum atomic E-state index is -0.607. The van der Waals surface area contributed by atoms with E-state index in [9.17, 15) is 14.4 Å². The van der Waals surface area contributed by atoms with Crippen molar-refractivity contribution in [3.8, 4) is 0 Å². The molecule has 0 aromatic heterocycles. The van der Waals surface area contributed by atoms with Crippen LogP contribution in [0.25, 0.3) is 10.8 Å². The third kappa shape index (κ3) is 2.31. The smallest absolute Gasteiger partial charge is 0.417 e. The van der Waals surface area contributed by atoms with Crippen LogP contribution >= 0.6 is 0 Å². The fraction of sp³-hybridized carbons (Fsp3) is 0.278. The van der Waals surface area contributed by atoms with E-state index in [1.165, 1.54) is 0 Å². The number of fused-ring (bicyclic) bond motifs is 1. The van der Waals surface area contributed by atoms with Crippen molar-refractivity contribution in [2.45, 2.75) is 12.5 Å². The van der Waals surface area contributed by atoms with E-state index in [0.29, 0.717) is 25.1 Å². The molecule has 0 saturated carbocycles. The molecule has 4 rings (SSSR count). The largest absolute Gasteiger partial charge is 0.439 e. The third-order valence-electron chi connectivity index (χ3n) is 4.62. The average molecular weight is 324 g/mol. The normalized spacial score (nSPS) is 20.8. The number of carbonyl (C=O) groups is 3.